The van der Waals surface area contributed by atoms with Gasteiger partial charge < -0.3 is 9.64 Å². The van der Waals surface area contributed by atoms with Gasteiger partial charge in [0.05, 0.1) is 7.11 Å². The van der Waals surface area contributed by atoms with Crippen LogP contribution in [0.5, 0.6) is 5.75 Å². The first-order valence-corrected chi connectivity index (χ1v) is 19.5. The summed E-state index contributed by atoms with van der Waals surface area (Å²) in [5.41, 5.74) is 17.8. The molecule has 0 saturated carbocycles. The monoisotopic (exact) mass is 739 g/mol. The molecule has 0 atom stereocenters. The van der Waals surface area contributed by atoms with E-state index in [9.17, 15) is 0 Å². The van der Waals surface area contributed by atoms with Gasteiger partial charge in [-0.25, -0.2) is 0 Å². The quantitative estimate of drug-likeness (QED) is 0.116. The van der Waals surface area contributed by atoms with Gasteiger partial charge in [0.2, 0.25) is 0 Å². The molecular weight excluding hydrogens is 691 g/mol. The molecule has 7 aromatic carbocycles. The van der Waals surface area contributed by atoms with E-state index in [0.717, 1.165) is 33.9 Å². The fraction of sp³-hybridized carbons (Fsp3) is 0.0909. The van der Waals surface area contributed by atoms with Crippen molar-refractivity contribution in [1.29, 1.82) is 0 Å². The summed E-state index contributed by atoms with van der Waals surface area (Å²) in [6.45, 7) is 8.52. The fourth-order valence-corrected chi connectivity index (χ4v) is 6.85. The standard InChI is InChI=1S/C55H49NO/c1-40-13-24-47(25-14-40)54(48-26-15-41(2)16-27-48)12-8-10-45-22-33-51(34-23-45)56(52-35-37-53(57-5)38-36-52)50-31-20-44(21-32-50)9-6-7-11-46-30-19-43(4)39-55(46)49-28-17-42(3)18-29-49/h6-39H,1-5H3/b9-6+,10-8+,11-7+. The molecule has 0 radical (unpaired) electrons. The van der Waals surface area contributed by atoms with E-state index < -0.39 is 0 Å². The number of methoxy groups -OCH3 is 1. The van der Waals surface area contributed by atoms with Crippen molar-refractivity contribution < 1.29 is 4.74 Å². The molecule has 280 valence electrons. The van der Waals surface area contributed by atoms with Crippen LogP contribution in [0, 0.1) is 27.7 Å². The molecule has 0 aliphatic carbocycles. The molecule has 0 unspecified atom stereocenters. The Bertz CT molecular complexity index is 2470. The van der Waals surface area contributed by atoms with Crippen LogP contribution >= 0.6 is 0 Å². The highest BCUT2D eigenvalue weighted by Crippen LogP contribution is 2.36. The van der Waals surface area contributed by atoms with Crippen molar-refractivity contribution in [2.45, 2.75) is 27.7 Å². The number of hydrogen-bond acceptors (Lipinski definition) is 2. The van der Waals surface area contributed by atoms with E-state index in [0.29, 0.717) is 0 Å². The molecule has 7 aromatic rings. The van der Waals surface area contributed by atoms with Gasteiger partial charge in [-0.15, -0.1) is 0 Å². The summed E-state index contributed by atoms with van der Waals surface area (Å²) < 4.78 is 5.48. The summed E-state index contributed by atoms with van der Waals surface area (Å²) in [6, 6.07) is 58.5. The molecule has 0 spiro atoms. The summed E-state index contributed by atoms with van der Waals surface area (Å²) in [5.74, 6) is 0.827. The topological polar surface area (TPSA) is 12.5 Å². The Hall–Kier alpha value is -6.90. The molecule has 57 heavy (non-hydrogen) atoms. The van der Waals surface area contributed by atoms with Crippen LogP contribution in [0.3, 0.4) is 0 Å². The smallest absolute Gasteiger partial charge is 0.119 e. The Morgan fingerprint density at radius 2 is 0.877 bits per heavy atom. The van der Waals surface area contributed by atoms with E-state index in [-0.39, 0.29) is 0 Å². The molecule has 0 amide bonds. The van der Waals surface area contributed by atoms with Crippen LogP contribution in [0.1, 0.15) is 50.1 Å². The molecule has 0 saturated heterocycles. The zero-order valence-electron chi connectivity index (χ0n) is 33.5. The normalized spacial score (nSPS) is 11.4. The molecular formula is C55H49NO. The number of hydrogen-bond donors (Lipinski definition) is 0. The zero-order chi connectivity index (χ0) is 39.6. The maximum absolute atomic E-state index is 5.48. The van der Waals surface area contributed by atoms with Crippen LogP contribution in [0.15, 0.2) is 188 Å². The number of rotatable bonds is 12. The van der Waals surface area contributed by atoms with Crippen molar-refractivity contribution in [3.8, 4) is 16.9 Å². The van der Waals surface area contributed by atoms with Crippen molar-refractivity contribution in [3.63, 3.8) is 0 Å². The van der Waals surface area contributed by atoms with Crippen LogP contribution in [0.25, 0.3) is 34.9 Å². The Kier molecular flexibility index (Phi) is 12.2. The number of anilines is 3. The number of aryl methyl sites for hydroxylation is 4. The third-order valence-electron chi connectivity index (χ3n) is 10.2. The van der Waals surface area contributed by atoms with E-state index in [1.54, 1.807) is 7.11 Å². The lowest BCUT2D eigenvalue weighted by Gasteiger charge is -2.26. The largest absolute Gasteiger partial charge is 0.497 e. The van der Waals surface area contributed by atoms with Crippen molar-refractivity contribution >= 4 is 40.9 Å². The molecule has 0 aliphatic heterocycles. The molecule has 0 aromatic heterocycles. The molecule has 0 heterocycles. The molecule has 0 bridgehead atoms. The Morgan fingerprint density at radius 1 is 0.439 bits per heavy atom. The first-order valence-electron chi connectivity index (χ1n) is 19.5. The van der Waals surface area contributed by atoms with Gasteiger partial charge in [-0.2, -0.15) is 0 Å². The van der Waals surface area contributed by atoms with Gasteiger partial charge in [0.25, 0.3) is 0 Å². The molecule has 2 nitrogen and oxygen atoms in total. The van der Waals surface area contributed by atoms with Gasteiger partial charge in [0, 0.05) is 17.1 Å². The van der Waals surface area contributed by atoms with Gasteiger partial charge in [-0.1, -0.05) is 180 Å². The highest BCUT2D eigenvalue weighted by atomic mass is 16.5. The number of nitrogens with zero attached hydrogens (tertiary/aromatic N) is 1. The summed E-state index contributed by atoms with van der Waals surface area (Å²) in [5, 5.41) is 0. The van der Waals surface area contributed by atoms with Gasteiger partial charge in [-0.3, -0.25) is 0 Å². The van der Waals surface area contributed by atoms with Crippen LogP contribution in [0.2, 0.25) is 0 Å². The van der Waals surface area contributed by atoms with Crippen molar-refractivity contribution in [2.24, 2.45) is 0 Å². The second kappa shape index (κ2) is 18.2. The van der Waals surface area contributed by atoms with Crippen molar-refractivity contribution in [3.05, 3.63) is 238 Å². The maximum atomic E-state index is 5.48. The molecule has 0 fully saturated rings. The SMILES string of the molecule is COc1ccc(N(c2ccc(/C=C/C=C(c3ccc(C)cc3)c3ccc(C)cc3)cc2)c2ccc(/C=C/C=C/c3ccc(C)cc3-c3ccc(C)cc3)cc2)cc1. The number of allylic oxidation sites excluding steroid dienone is 4. The summed E-state index contributed by atoms with van der Waals surface area (Å²) in [4.78, 5) is 2.27. The molecule has 2 heteroatoms. The highest BCUT2D eigenvalue weighted by Gasteiger charge is 2.13. The minimum absolute atomic E-state index is 0.827. The summed E-state index contributed by atoms with van der Waals surface area (Å²) in [7, 11) is 1.70. The first kappa shape index (κ1) is 38.4. The van der Waals surface area contributed by atoms with Crippen molar-refractivity contribution in [2.75, 3.05) is 12.0 Å². The van der Waals surface area contributed by atoms with Gasteiger partial charge in [0.1, 0.15) is 5.75 Å². The Balaban J connectivity index is 1.11. The Morgan fingerprint density at radius 3 is 1.39 bits per heavy atom. The molecule has 7 rings (SSSR count). The van der Waals surface area contributed by atoms with Gasteiger partial charge >= 0.3 is 0 Å². The number of ether oxygens (including phenoxy) is 1. The van der Waals surface area contributed by atoms with E-state index in [2.05, 4.69) is 227 Å². The minimum Gasteiger partial charge on any atom is -0.497 e. The first-order chi connectivity index (χ1) is 27.8. The van der Waals surface area contributed by atoms with Gasteiger partial charge in [0.15, 0.2) is 0 Å². The van der Waals surface area contributed by atoms with Crippen LogP contribution in [0.4, 0.5) is 17.1 Å². The minimum atomic E-state index is 0.827. The fourth-order valence-electron chi connectivity index (χ4n) is 6.85. The molecule has 0 aliphatic rings. The zero-order valence-corrected chi connectivity index (χ0v) is 33.5. The molecule has 0 N–H and O–H groups in total. The van der Waals surface area contributed by atoms with Crippen LogP contribution < -0.4 is 9.64 Å². The predicted molar refractivity (Wildman–Crippen MR) is 246 cm³/mol. The lowest BCUT2D eigenvalue weighted by Crippen LogP contribution is -2.09. The Labute approximate surface area is 339 Å². The predicted octanol–water partition coefficient (Wildman–Crippen LogP) is 14.9. The van der Waals surface area contributed by atoms with E-state index in [4.69, 9.17) is 4.74 Å². The second-order valence-corrected chi connectivity index (χ2v) is 14.6. The third kappa shape index (κ3) is 9.86. The third-order valence-corrected chi connectivity index (χ3v) is 10.2. The van der Waals surface area contributed by atoms with E-state index in [1.807, 2.05) is 12.1 Å². The van der Waals surface area contributed by atoms with Gasteiger partial charge in [-0.05, 0) is 121 Å². The lowest BCUT2D eigenvalue weighted by molar-refractivity contribution is 0.415. The number of benzene rings is 7. The lowest BCUT2D eigenvalue weighted by atomic mass is 9.96. The average Bonchev–Trinajstić information content (AvgIpc) is 3.24. The summed E-state index contributed by atoms with van der Waals surface area (Å²) in [6.07, 6.45) is 15.1. The van der Waals surface area contributed by atoms with Crippen LogP contribution in [-0.2, 0) is 0 Å². The second-order valence-electron chi connectivity index (χ2n) is 14.6. The maximum Gasteiger partial charge on any atom is 0.119 e. The summed E-state index contributed by atoms with van der Waals surface area (Å²) >= 11 is 0. The van der Waals surface area contributed by atoms with E-state index in [1.165, 1.54) is 55.6 Å². The van der Waals surface area contributed by atoms with Crippen LogP contribution in [-0.4, -0.2) is 7.11 Å². The average molecular weight is 740 g/mol. The van der Waals surface area contributed by atoms with Crippen molar-refractivity contribution in [1.82, 2.24) is 0 Å². The highest BCUT2D eigenvalue weighted by molar-refractivity contribution is 5.82. The van der Waals surface area contributed by atoms with E-state index >= 15 is 0 Å².